The summed E-state index contributed by atoms with van der Waals surface area (Å²) in [5.41, 5.74) is 0. The number of hydrogen-bond acceptors (Lipinski definition) is 4. The van der Waals surface area contributed by atoms with Gasteiger partial charge in [-0.05, 0) is 74.0 Å². The Morgan fingerprint density at radius 2 is 0.967 bits per heavy atom. The van der Waals surface area contributed by atoms with Crippen molar-refractivity contribution in [3.63, 3.8) is 0 Å². The first-order valence-corrected chi connectivity index (χ1v) is 12.2. The third kappa shape index (κ3) is 4.85. The van der Waals surface area contributed by atoms with Crippen molar-refractivity contribution in [3.05, 3.63) is 0 Å². The molecule has 0 bridgehead atoms. The van der Waals surface area contributed by atoms with E-state index in [2.05, 4.69) is 0 Å². The summed E-state index contributed by atoms with van der Waals surface area (Å²) in [6.07, 6.45) is 14.2. The molecule has 2 N–H and O–H groups in total. The number of hydrogen-bond donors (Lipinski definition) is 2. The molecule has 6 heteroatoms. The lowest BCUT2D eigenvalue weighted by molar-refractivity contribution is -0.159. The Morgan fingerprint density at radius 1 is 0.600 bits per heavy atom. The van der Waals surface area contributed by atoms with Crippen molar-refractivity contribution in [1.82, 2.24) is 0 Å². The van der Waals surface area contributed by atoms with Gasteiger partial charge in [-0.25, -0.2) is 9.59 Å². The normalized spacial score (nSPS) is 41.5. The zero-order valence-corrected chi connectivity index (χ0v) is 18.0. The molecular weight excluding hydrogens is 384 g/mol. The zero-order chi connectivity index (χ0) is 21.1. The van der Waals surface area contributed by atoms with E-state index in [-0.39, 0.29) is 25.4 Å². The second kappa shape index (κ2) is 9.99. The van der Waals surface area contributed by atoms with E-state index < -0.39 is 11.9 Å². The van der Waals surface area contributed by atoms with Crippen LogP contribution in [0.5, 0.6) is 0 Å². The average Bonchev–Trinajstić information content (AvgIpc) is 2.75. The number of carboxylic acids is 2. The summed E-state index contributed by atoms with van der Waals surface area (Å²) in [4.78, 5) is 22.3. The molecule has 0 spiro atoms. The molecule has 4 aliphatic carbocycles. The van der Waals surface area contributed by atoms with Crippen LogP contribution in [0.2, 0.25) is 0 Å². The van der Waals surface area contributed by atoms with Gasteiger partial charge in [-0.2, -0.15) is 0 Å². The molecule has 0 heterocycles. The van der Waals surface area contributed by atoms with Gasteiger partial charge in [-0.15, -0.1) is 0 Å². The van der Waals surface area contributed by atoms with E-state index in [0.717, 1.165) is 25.7 Å². The maximum atomic E-state index is 11.2. The molecule has 0 aromatic heterocycles. The van der Waals surface area contributed by atoms with Crippen LogP contribution >= 0.6 is 0 Å². The molecule has 8 atom stereocenters. The molecule has 0 radical (unpaired) electrons. The van der Waals surface area contributed by atoms with Gasteiger partial charge >= 0.3 is 11.9 Å². The SMILES string of the molecule is O=C(O)COC1CCCC2CCCC(C3CCCC4CCCC(OCC(=O)O)C43)C21. The summed E-state index contributed by atoms with van der Waals surface area (Å²) in [5.74, 6) is 1.58. The van der Waals surface area contributed by atoms with Gasteiger partial charge in [0.05, 0.1) is 12.2 Å². The number of rotatable bonds is 7. The van der Waals surface area contributed by atoms with Crippen molar-refractivity contribution in [2.75, 3.05) is 13.2 Å². The van der Waals surface area contributed by atoms with E-state index in [9.17, 15) is 9.59 Å². The monoisotopic (exact) mass is 422 g/mol. The van der Waals surface area contributed by atoms with Crippen LogP contribution in [0, 0.1) is 35.5 Å². The van der Waals surface area contributed by atoms with Crippen LogP contribution in [0.3, 0.4) is 0 Å². The highest BCUT2D eigenvalue weighted by Gasteiger charge is 2.50. The van der Waals surface area contributed by atoms with Crippen LogP contribution in [0.1, 0.15) is 77.0 Å². The van der Waals surface area contributed by atoms with Gasteiger partial charge in [-0.1, -0.05) is 38.5 Å². The van der Waals surface area contributed by atoms with Crippen LogP contribution in [0.4, 0.5) is 0 Å². The van der Waals surface area contributed by atoms with Crippen molar-refractivity contribution < 1.29 is 29.3 Å². The first-order valence-electron chi connectivity index (χ1n) is 12.2. The maximum Gasteiger partial charge on any atom is 0.329 e. The Balaban J connectivity index is 1.55. The standard InChI is InChI=1S/C24H38O6/c25-21(26)13-29-19-11-3-7-15-5-1-9-17(23(15)19)18-10-2-6-16-8-4-12-20(24(16)18)30-14-22(27)28/h15-20,23-24H,1-14H2,(H,25,26)(H,27,28). The fourth-order valence-electron chi connectivity index (χ4n) is 7.82. The minimum absolute atomic E-state index is 0.0625. The highest BCUT2D eigenvalue weighted by atomic mass is 16.5. The Kier molecular flexibility index (Phi) is 7.35. The molecular formula is C24H38O6. The molecule has 0 aromatic carbocycles. The quantitative estimate of drug-likeness (QED) is 0.633. The molecule has 6 nitrogen and oxygen atoms in total. The van der Waals surface area contributed by atoms with Gasteiger partial charge in [0.2, 0.25) is 0 Å². The maximum absolute atomic E-state index is 11.2. The predicted molar refractivity (Wildman–Crippen MR) is 111 cm³/mol. The Hall–Kier alpha value is -1.14. The summed E-state index contributed by atoms with van der Waals surface area (Å²) < 4.78 is 11.9. The molecule has 4 saturated carbocycles. The third-order valence-corrected chi connectivity index (χ3v) is 8.68. The number of carboxylic acid groups (broad SMARTS) is 2. The number of fused-ring (bicyclic) bond motifs is 2. The van der Waals surface area contributed by atoms with E-state index in [1.807, 2.05) is 0 Å². The van der Waals surface area contributed by atoms with Gasteiger partial charge in [0.25, 0.3) is 0 Å². The lowest BCUT2D eigenvalue weighted by atomic mass is 9.53. The van der Waals surface area contributed by atoms with Crippen molar-refractivity contribution in [2.24, 2.45) is 35.5 Å². The summed E-state index contributed by atoms with van der Waals surface area (Å²) in [6, 6.07) is 0. The van der Waals surface area contributed by atoms with E-state index >= 15 is 0 Å². The molecule has 4 rings (SSSR count). The highest BCUT2D eigenvalue weighted by molar-refractivity contribution is 5.68. The molecule has 170 valence electrons. The lowest BCUT2D eigenvalue weighted by Gasteiger charge is -2.54. The first-order chi connectivity index (χ1) is 14.5. The molecule has 30 heavy (non-hydrogen) atoms. The van der Waals surface area contributed by atoms with Gasteiger partial charge < -0.3 is 19.7 Å². The second-order valence-corrected chi connectivity index (χ2v) is 10.2. The second-order valence-electron chi connectivity index (χ2n) is 10.2. The van der Waals surface area contributed by atoms with Crippen LogP contribution in [0.15, 0.2) is 0 Å². The van der Waals surface area contributed by atoms with Crippen molar-refractivity contribution in [2.45, 2.75) is 89.3 Å². The Morgan fingerprint density at radius 3 is 1.33 bits per heavy atom. The van der Waals surface area contributed by atoms with Crippen molar-refractivity contribution >= 4 is 11.9 Å². The minimum Gasteiger partial charge on any atom is -0.480 e. The fourth-order valence-corrected chi connectivity index (χ4v) is 7.82. The van der Waals surface area contributed by atoms with Gasteiger partial charge in [0.15, 0.2) is 0 Å². The molecule has 0 aliphatic heterocycles. The molecule has 4 fully saturated rings. The Bertz CT molecular complexity index is 551. The summed E-state index contributed by atoms with van der Waals surface area (Å²) in [7, 11) is 0. The number of ether oxygens (including phenoxy) is 2. The molecule has 8 unspecified atom stereocenters. The van der Waals surface area contributed by atoms with Gasteiger partial charge in [-0.3, -0.25) is 0 Å². The highest BCUT2D eigenvalue weighted by Crippen LogP contribution is 2.55. The number of carbonyl (C=O) groups is 2. The summed E-state index contributed by atoms with van der Waals surface area (Å²) in [6.45, 7) is -0.386. The van der Waals surface area contributed by atoms with Crippen LogP contribution in [0.25, 0.3) is 0 Å². The molecule has 0 aromatic rings. The lowest BCUT2D eigenvalue weighted by Crippen LogP contribution is -2.51. The average molecular weight is 423 g/mol. The van der Waals surface area contributed by atoms with E-state index in [1.54, 1.807) is 0 Å². The van der Waals surface area contributed by atoms with Crippen LogP contribution in [-0.4, -0.2) is 47.6 Å². The molecule has 0 saturated heterocycles. The Labute approximate surface area is 179 Å². The van der Waals surface area contributed by atoms with Gasteiger partial charge in [0.1, 0.15) is 13.2 Å². The minimum atomic E-state index is -0.878. The zero-order valence-electron chi connectivity index (χ0n) is 18.0. The number of aliphatic carboxylic acids is 2. The van der Waals surface area contributed by atoms with Gasteiger partial charge in [0, 0.05) is 0 Å². The van der Waals surface area contributed by atoms with Crippen molar-refractivity contribution in [3.8, 4) is 0 Å². The first kappa shape index (κ1) is 22.1. The smallest absolute Gasteiger partial charge is 0.329 e. The van der Waals surface area contributed by atoms with Crippen LogP contribution in [-0.2, 0) is 19.1 Å². The third-order valence-electron chi connectivity index (χ3n) is 8.68. The van der Waals surface area contributed by atoms with E-state index in [1.165, 1.54) is 51.4 Å². The van der Waals surface area contributed by atoms with Crippen molar-refractivity contribution in [1.29, 1.82) is 0 Å². The topological polar surface area (TPSA) is 93.1 Å². The largest absolute Gasteiger partial charge is 0.480 e. The van der Waals surface area contributed by atoms with E-state index in [4.69, 9.17) is 19.7 Å². The van der Waals surface area contributed by atoms with E-state index in [0.29, 0.717) is 35.5 Å². The molecule has 0 amide bonds. The molecule has 4 aliphatic rings. The summed E-state index contributed by atoms with van der Waals surface area (Å²) in [5, 5.41) is 18.3. The van der Waals surface area contributed by atoms with Crippen LogP contribution < -0.4 is 0 Å². The fraction of sp³-hybridized carbons (Fsp3) is 0.917. The predicted octanol–water partition coefficient (Wildman–Crippen LogP) is 4.36. The summed E-state index contributed by atoms with van der Waals surface area (Å²) >= 11 is 0.